The average molecular weight is 238 g/mol. The molecular formula is C13H22N2O2. The van der Waals surface area contributed by atoms with Gasteiger partial charge in [-0.15, -0.1) is 0 Å². The minimum absolute atomic E-state index is 0.0609. The number of likely N-dealkylation sites (tertiary alicyclic amines) is 2. The predicted molar refractivity (Wildman–Crippen MR) is 65.4 cm³/mol. The van der Waals surface area contributed by atoms with Crippen molar-refractivity contribution in [3.05, 3.63) is 0 Å². The highest BCUT2D eigenvalue weighted by Crippen LogP contribution is 2.38. The van der Waals surface area contributed by atoms with E-state index in [1.807, 2.05) is 9.80 Å². The monoisotopic (exact) mass is 238 g/mol. The normalized spacial score (nSPS) is 22.5. The largest absolute Gasteiger partial charge is 0.343 e. The average Bonchev–Trinajstić information content (AvgIpc) is 2.75. The fourth-order valence-corrected chi connectivity index (χ4v) is 2.85. The molecule has 17 heavy (non-hydrogen) atoms. The minimum atomic E-state index is 0.0609. The lowest BCUT2D eigenvalue weighted by molar-refractivity contribution is -0.148. The zero-order chi connectivity index (χ0) is 12.5. The van der Waals surface area contributed by atoms with Gasteiger partial charge in [0.25, 0.3) is 0 Å². The van der Waals surface area contributed by atoms with E-state index >= 15 is 0 Å². The van der Waals surface area contributed by atoms with Crippen LogP contribution < -0.4 is 0 Å². The van der Waals surface area contributed by atoms with Gasteiger partial charge in [-0.1, -0.05) is 6.92 Å². The van der Waals surface area contributed by atoms with Gasteiger partial charge in [-0.25, -0.2) is 0 Å². The quantitative estimate of drug-likeness (QED) is 0.742. The molecule has 96 valence electrons. The van der Waals surface area contributed by atoms with Crippen LogP contribution in [0.1, 0.15) is 39.5 Å². The highest BCUT2D eigenvalue weighted by molar-refractivity contribution is 5.79. The zero-order valence-electron chi connectivity index (χ0n) is 10.9. The second kappa shape index (κ2) is 4.67. The summed E-state index contributed by atoms with van der Waals surface area (Å²) in [5.41, 5.74) is 0.0609. The van der Waals surface area contributed by atoms with Crippen LogP contribution in [0, 0.1) is 5.41 Å². The fourth-order valence-electron chi connectivity index (χ4n) is 2.85. The molecule has 0 unspecified atom stereocenters. The van der Waals surface area contributed by atoms with Gasteiger partial charge in [-0.2, -0.15) is 0 Å². The van der Waals surface area contributed by atoms with Crippen LogP contribution in [0.2, 0.25) is 0 Å². The second-order valence-corrected chi connectivity index (χ2v) is 5.49. The minimum Gasteiger partial charge on any atom is -0.343 e. The van der Waals surface area contributed by atoms with Gasteiger partial charge in [0.15, 0.2) is 0 Å². The van der Waals surface area contributed by atoms with Gasteiger partial charge in [0, 0.05) is 44.9 Å². The van der Waals surface area contributed by atoms with Crippen molar-refractivity contribution < 1.29 is 9.59 Å². The third-order valence-corrected chi connectivity index (χ3v) is 4.23. The first-order valence-corrected chi connectivity index (χ1v) is 6.60. The van der Waals surface area contributed by atoms with Gasteiger partial charge in [0.2, 0.25) is 11.8 Å². The standard InChI is InChI=1S/C13H22N2O2/c1-3-13(9-15(10-13)11(2)16)8-12(17)14-6-4-5-7-14/h3-10H2,1-2H3. The highest BCUT2D eigenvalue weighted by atomic mass is 16.2. The second-order valence-electron chi connectivity index (χ2n) is 5.49. The molecule has 0 aromatic carbocycles. The molecule has 2 aliphatic rings. The first-order chi connectivity index (χ1) is 8.06. The van der Waals surface area contributed by atoms with Crippen molar-refractivity contribution in [1.29, 1.82) is 0 Å². The summed E-state index contributed by atoms with van der Waals surface area (Å²) >= 11 is 0. The summed E-state index contributed by atoms with van der Waals surface area (Å²) in [7, 11) is 0. The Kier molecular flexibility index (Phi) is 3.40. The summed E-state index contributed by atoms with van der Waals surface area (Å²) in [4.78, 5) is 27.1. The molecule has 2 saturated heterocycles. The highest BCUT2D eigenvalue weighted by Gasteiger charge is 2.44. The van der Waals surface area contributed by atoms with Gasteiger partial charge in [0.05, 0.1) is 0 Å². The van der Waals surface area contributed by atoms with Gasteiger partial charge in [-0.05, 0) is 19.3 Å². The van der Waals surface area contributed by atoms with Gasteiger partial charge in [0.1, 0.15) is 0 Å². The van der Waals surface area contributed by atoms with Crippen LogP contribution in [-0.2, 0) is 9.59 Å². The zero-order valence-corrected chi connectivity index (χ0v) is 10.9. The van der Waals surface area contributed by atoms with E-state index in [-0.39, 0.29) is 17.2 Å². The lowest BCUT2D eigenvalue weighted by atomic mass is 9.74. The third kappa shape index (κ3) is 2.45. The molecule has 2 aliphatic heterocycles. The Morgan fingerprint density at radius 1 is 1.12 bits per heavy atom. The Balaban J connectivity index is 1.88. The molecule has 0 saturated carbocycles. The lowest BCUT2D eigenvalue weighted by Gasteiger charge is -2.49. The Labute approximate surface area is 103 Å². The molecule has 0 aromatic rings. The molecule has 4 nitrogen and oxygen atoms in total. The summed E-state index contributed by atoms with van der Waals surface area (Å²) in [6.07, 6.45) is 3.89. The van der Waals surface area contributed by atoms with Crippen LogP contribution in [-0.4, -0.2) is 47.8 Å². The smallest absolute Gasteiger partial charge is 0.223 e. The van der Waals surface area contributed by atoms with E-state index in [2.05, 4.69) is 6.92 Å². The lowest BCUT2D eigenvalue weighted by Crippen LogP contribution is -2.59. The van der Waals surface area contributed by atoms with Crippen LogP contribution in [0.15, 0.2) is 0 Å². The maximum absolute atomic E-state index is 12.1. The number of carbonyl (C=O) groups excluding carboxylic acids is 2. The number of hydrogen-bond acceptors (Lipinski definition) is 2. The van der Waals surface area contributed by atoms with E-state index in [1.165, 1.54) is 0 Å². The van der Waals surface area contributed by atoms with Gasteiger partial charge >= 0.3 is 0 Å². The maximum Gasteiger partial charge on any atom is 0.223 e. The summed E-state index contributed by atoms with van der Waals surface area (Å²) in [5.74, 6) is 0.412. The predicted octanol–water partition coefficient (Wildman–Crippen LogP) is 1.26. The van der Waals surface area contributed by atoms with E-state index in [0.29, 0.717) is 6.42 Å². The fraction of sp³-hybridized carbons (Fsp3) is 0.846. The van der Waals surface area contributed by atoms with Gasteiger partial charge in [-0.3, -0.25) is 9.59 Å². The molecule has 2 rings (SSSR count). The Morgan fingerprint density at radius 2 is 1.71 bits per heavy atom. The molecule has 0 aromatic heterocycles. The van der Waals surface area contributed by atoms with Crippen molar-refractivity contribution in [2.45, 2.75) is 39.5 Å². The van der Waals surface area contributed by atoms with Crippen molar-refractivity contribution in [2.24, 2.45) is 5.41 Å². The van der Waals surface area contributed by atoms with Crippen molar-refractivity contribution in [3.8, 4) is 0 Å². The molecular weight excluding hydrogens is 216 g/mol. The topological polar surface area (TPSA) is 40.6 Å². The van der Waals surface area contributed by atoms with E-state index < -0.39 is 0 Å². The van der Waals surface area contributed by atoms with Crippen LogP contribution >= 0.6 is 0 Å². The molecule has 0 radical (unpaired) electrons. The van der Waals surface area contributed by atoms with Crippen molar-refractivity contribution in [2.75, 3.05) is 26.2 Å². The third-order valence-electron chi connectivity index (χ3n) is 4.23. The number of hydrogen-bond donors (Lipinski definition) is 0. The molecule has 0 aliphatic carbocycles. The number of nitrogens with zero attached hydrogens (tertiary/aromatic N) is 2. The van der Waals surface area contributed by atoms with Gasteiger partial charge < -0.3 is 9.80 Å². The molecule has 2 amide bonds. The molecule has 0 atom stereocenters. The Hall–Kier alpha value is -1.06. The Morgan fingerprint density at radius 3 is 2.18 bits per heavy atom. The van der Waals surface area contributed by atoms with Crippen LogP contribution in [0.5, 0.6) is 0 Å². The van der Waals surface area contributed by atoms with Crippen molar-refractivity contribution in [1.82, 2.24) is 9.80 Å². The molecule has 2 fully saturated rings. The van der Waals surface area contributed by atoms with Crippen molar-refractivity contribution >= 4 is 11.8 Å². The number of amides is 2. The number of rotatable bonds is 3. The van der Waals surface area contributed by atoms with E-state index in [9.17, 15) is 9.59 Å². The molecule has 0 bridgehead atoms. The molecule has 0 N–H and O–H groups in total. The SMILES string of the molecule is CCC1(CC(=O)N2CCCC2)CN(C(C)=O)C1. The van der Waals surface area contributed by atoms with E-state index in [0.717, 1.165) is 45.4 Å². The van der Waals surface area contributed by atoms with Crippen LogP contribution in [0.25, 0.3) is 0 Å². The summed E-state index contributed by atoms with van der Waals surface area (Å²) in [5, 5.41) is 0. The van der Waals surface area contributed by atoms with Crippen molar-refractivity contribution in [3.63, 3.8) is 0 Å². The van der Waals surface area contributed by atoms with Crippen LogP contribution in [0.3, 0.4) is 0 Å². The number of carbonyl (C=O) groups is 2. The molecule has 2 heterocycles. The first-order valence-electron chi connectivity index (χ1n) is 6.60. The maximum atomic E-state index is 12.1. The summed E-state index contributed by atoms with van der Waals surface area (Å²) in [6.45, 7) is 7.09. The Bertz CT molecular complexity index is 315. The van der Waals surface area contributed by atoms with Crippen LogP contribution in [0.4, 0.5) is 0 Å². The molecule has 0 spiro atoms. The van der Waals surface area contributed by atoms with E-state index in [1.54, 1.807) is 6.92 Å². The first kappa shape index (κ1) is 12.4. The summed E-state index contributed by atoms with van der Waals surface area (Å²) in [6, 6.07) is 0. The molecule has 4 heteroatoms. The van der Waals surface area contributed by atoms with E-state index in [4.69, 9.17) is 0 Å². The summed E-state index contributed by atoms with van der Waals surface area (Å²) < 4.78 is 0.